The molecule has 6 heteroatoms. The highest BCUT2D eigenvalue weighted by Gasteiger charge is 2.52. The Balaban J connectivity index is 1.76. The number of aliphatic hydroxyl groups excluding tert-OH is 1. The number of imide groups is 1. The summed E-state index contributed by atoms with van der Waals surface area (Å²) in [6.07, 6.45) is 2.23. The number of amides is 2. The zero-order chi connectivity index (χ0) is 15.9. The van der Waals surface area contributed by atoms with Crippen molar-refractivity contribution in [1.29, 1.82) is 0 Å². The van der Waals surface area contributed by atoms with Gasteiger partial charge in [-0.2, -0.15) is 0 Å². The lowest BCUT2D eigenvalue weighted by molar-refractivity contribution is -0.143. The van der Waals surface area contributed by atoms with E-state index >= 15 is 0 Å². The summed E-state index contributed by atoms with van der Waals surface area (Å²) < 4.78 is 26.1. The number of likely N-dealkylation sites (tertiary alicyclic amines) is 1. The first-order valence-electron chi connectivity index (χ1n) is 7.41. The Morgan fingerprint density at radius 1 is 1.18 bits per heavy atom. The van der Waals surface area contributed by atoms with Gasteiger partial charge in [0.15, 0.2) is 11.6 Å². The summed E-state index contributed by atoms with van der Waals surface area (Å²) >= 11 is 0. The van der Waals surface area contributed by atoms with Crippen LogP contribution in [0.1, 0.15) is 43.8 Å². The van der Waals surface area contributed by atoms with E-state index < -0.39 is 23.2 Å². The van der Waals surface area contributed by atoms with Crippen LogP contribution in [-0.2, 0) is 9.59 Å². The quantitative estimate of drug-likeness (QED) is 0.872. The van der Waals surface area contributed by atoms with Gasteiger partial charge in [0.2, 0.25) is 11.8 Å². The summed E-state index contributed by atoms with van der Waals surface area (Å²) in [6.45, 7) is -0.218. The van der Waals surface area contributed by atoms with Crippen LogP contribution in [-0.4, -0.2) is 28.4 Å². The van der Waals surface area contributed by atoms with Crippen molar-refractivity contribution in [1.82, 2.24) is 4.90 Å². The van der Waals surface area contributed by atoms with Crippen LogP contribution < -0.4 is 0 Å². The molecule has 1 aromatic carbocycles. The topological polar surface area (TPSA) is 57.6 Å². The molecule has 1 saturated heterocycles. The fraction of sp³-hybridized carbons (Fsp3) is 0.500. The van der Waals surface area contributed by atoms with E-state index in [0.717, 1.165) is 29.9 Å². The monoisotopic (exact) mass is 309 g/mol. The summed E-state index contributed by atoms with van der Waals surface area (Å²) in [5.74, 6) is -2.61. The summed E-state index contributed by atoms with van der Waals surface area (Å²) in [6, 6.07) is 3.05. The molecule has 1 spiro atoms. The van der Waals surface area contributed by atoms with Crippen LogP contribution in [0.4, 0.5) is 8.78 Å². The molecule has 22 heavy (non-hydrogen) atoms. The predicted octanol–water partition coefficient (Wildman–Crippen LogP) is 2.32. The molecule has 3 rings (SSSR count). The average molecular weight is 309 g/mol. The van der Waals surface area contributed by atoms with Gasteiger partial charge >= 0.3 is 0 Å². The van der Waals surface area contributed by atoms with Crippen LogP contribution in [0.25, 0.3) is 0 Å². The Kier molecular flexibility index (Phi) is 3.72. The van der Waals surface area contributed by atoms with Gasteiger partial charge < -0.3 is 5.11 Å². The van der Waals surface area contributed by atoms with Gasteiger partial charge in [-0.15, -0.1) is 0 Å². The first-order chi connectivity index (χ1) is 10.4. The molecule has 4 nitrogen and oxygen atoms in total. The second-order valence-electron chi connectivity index (χ2n) is 6.16. The van der Waals surface area contributed by atoms with Crippen molar-refractivity contribution in [2.24, 2.45) is 5.41 Å². The molecule has 1 aliphatic carbocycles. The van der Waals surface area contributed by atoms with E-state index in [1.807, 2.05) is 0 Å². The summed E-state index contributed by atoms with van der Waals surface area (Å²) in [5, 5.41) is 10.1. The SMILES string of the molecule is O=C1CC2(CCCC2)C(=O)N1CC(O)c1ccc(F)c(F)c1. The number of carbonyl (C=O) groups is 2. The molecule has 2 fully saturated rings. The first kappa shape index (κ1) is 15.1. The molecule has 1 heterocycles. The van der Waals surface area contributed by atoms with Crippen molar-refractivity contribution in [3.05, 3.63) is 35.4 Å². The molecule has 1 saturated carbocycles. The van der Waals surface area contributed by atoms with E-state index in [9.17, 15) is 23.5 Å². The van der Waals surface area contributed by atoms with Gasteiger partial charge in [0.05, 0.1) is 18.1 Å². The maximum Gasteiger partial charge on any atom is 0.236 e. The van der Waals surface area contributed by atoms with E-state index in [4.69, 9.17) is 0 Å². The third kappa shape index (κ3) is 2.41. The van der Waals surface area contributed by atoms with Crippen molar-refractivity contribution in [2.45, 2.75) is 38.2 Å². The van der Waals surface area contributed by atoms with Crippen LogP contribution in [0.5, 0.6) is 0 Å². The van der Waals surface area contributed by atoms with Gasteiger partial charge in [0, 0.05) is 6.42 Å². The summed E-state index contributed by atoms with van der Waals surface area (Å²) in [7, 11) is 0. The number of rotatable bonds is 3. The largest absolute Gasteiger partial charge is 0.387 e. The zero-order valence-electron chi connectivity index (χ0n) is 12.0. The standard InChI is InChI=1S/C16H17F2NO3/c17-11-4-3-10(7-12(11)18)13(20)9-19-14(21)8-16(15(19)22)5-1-2-6-16/h3-4,7,13,20H,1-2,5-6,8-9H2. The fourth-order valence-corrected chi connectivity index (χ4v) is 3.49. The molecule has 0 bridgehead atoms. The molecule has 1 unspecified atom stereocenters. The Morgan fingerprint density at radius 3 is 2.50 bits per heavy atom. The molecule has 1 atom stereocenters. The molecular formula is C16H17F2NO3. The average Bonchev–Trinajstić information content (AvgIpc) is 3.03. The summed E-state index contributed by atoms with van der Waals surface area (Å²) in [4.78, 5) is 25.6. The third-order valence-corrected chi connectivity index (χ3v) is 4.73. The first-order valence-corrected chi connectivity index (χ1v) is 7.41. The minimum atomic E-state index is -1.22. The Hall–Kier alpha value is -1.82. The molecule has 0 radical (unpaired) electrons. The van der Waals surface area contributed by atoms with Crippen molar-refractivity contribution < 1.29 is 23.5 Å². The molecule has 1 N–H and O–H groups in total. The van der Waals surface area contributed by atoms with Crippen molar-refractivity contribution in [2.75, 3.05) is 6.54 Å². The van der Waals surface area contributed by atoms with Gasteiger partial charge in [0.1, 0.15) is 0 Å². The number of benzene rings is 1. The van der Waals surface area contributed by atoms with E-state index in [0.29, 0.717) is 12.8 Å². The number of halogens is 2. The number of hydrogen-bond acceptors (Lipinski definition) is 3. The van der Waals surface area contributed by atoms with Gasteiger partial charge in [0.25, 0.3) is 0 Å². The van der Waals surface area contributed by atoms with Crippen LogP contribution in [0.3, 0.4) is 0 Å². The fourth-order valence-electron chi connectivity index (χ4n) is 3.49. The van der Waals surface area contributed by atoms with Crippen molar-refractivity contribution in [3.8, 4) is 0 Å². The van der Waals surface area contributed by atoms with Gasteiger partial charge in [-0.3, -0.25) is 14.5 Å². The van der Waals surface area contributed by atoms with E-state index in [1.54, 1.807) is 0 Å². The Labute approximate surface area is 126 Å². The zero-order valence-corrected chi connectivity index (χ0v) is 12.0. The smallest absolute Gasteiger partial charge is 0.236 e. The van der Waals surface area contributed by atoms with E-state index in [2.05, 4.69) is 0 Å². The number of β-amino-alcohol motifs (C(OH)–C–C–N with tert-alkyl or cyclic N) is 1. The van der Waals surface area contributed by atoms with Crippen molar-refractivity contribution >= 4 is 11.8 Å². The highest BCUT2D eigenvalue weighted by molar-refractivity contribution is 6.06. The normalized spacial score (nSPS) is 21.9. The highest BCUT2D eigenvalue weighted by Crippen LogP contribution is 2.47. The van der Waals surface area contributed by atoms with Crippen LogP contribution >= 0.6 is 0 Å². The predicted molar refractivity (Wildman–Crippen MR) is 73.6 cm³/mol. The highest BCUT2D eigenvalue weighted by atomic mass is 19.2. The number of hydrogen-bond donors (Lipinski definition) is 1. The van der Waals surface area contributed by atoms with Crippen LogP contribution in [0.15, 0.2) is 18.2 Å². The van der Waals surface area contributed by atoms with Gasteiger partial charge in [-0.25, -0.2) is 8.78 Å². The Morgan fingerprint density at radius 2 is 1.86 bits per heavy atom. The lowest BCUT2D eigenvalue weighted by Crippen LogP contribution is -2.37. The molecule has 1 aromatic rings. The molecule has 2 aliphatic rings. The van der Waals surface area contributed by atoms with Gasteiger partial charge in [-0.05, 0) is 30.5 Å². The van der Waals surface area contributed by atoms with E-state index in [-0.39, 0.29) is 30.3 Å². The maximum absolute atomic E-state index is 13.2. The second kappa shape index (κ2) is 5.43. The molecular weight excluding hydrogens is 292 g/mol. The van der Waals surface area contributed by atoms with Crippen LogP contribution in [0.2, 0.25) is 0 Å². The minimum absolute atomic E-state index is 0.145. The lowest BCUT2D eigenvalue weighted by Gasteiger charge is -2.23. The molecule has 0 aromatic heterocycles. The number of aliphatic hydroxyl groups is 1. The Bertz CT molecular complexity index is 626. The maximum atomic E-state index is 13.2. The minimum Gasteiger partial charge on any atom is -0.387 e. The number of carbonyl (C=O) groups excluding carboxylic acids is 2. The second-order valence-corrected chi connectivity index (χ2v) is 6.16. The molecule has 1 aliphatic heterocycles. The third-order valence-electron chi connectivity index (χ3n) is 4.73. The van der Waals surface area contributed by atoms with E-state index in [1.165, 1.54) is 6.07 Å². The van der Waals surface area contributed by atoms with Gasteiger partial charge in [-0.1, -0.05) is 18.9 Å². The summed E-state index contributed by atoms with van der Waals surface area (Å²) in [5.41, 5.74) is -0.447. The molecule has 2 amide bonds. The van der Waals surface area contributed by atoms with Crippen molar-refractivity contribution in [3.63, 3.8) is 0 Å². The number of nitrogens with zero attached hydrogens (tertiary/aromatic N) is 1. The lowest BCUT2D eigenvalue weighted by atomic mass is 9.84. The molecule has 118 valence electrons. The van der Waals surface area contributed by atoms with Crippen LogP contribution in [0, 0.1) is 17.0 Å².